The van der Waals surface area contributed by atoms with Crippen molar-refractivity contribution in [1.29, 1.82) is 0 Å². The molecule has 0 heterocycles. The van der Waals surface area contributed by atoms with Crippen LogP contribution in [0.3, 0.4) is 0 Å². The summed E-state index contributed by atoms with van der Waals surface area (Å²) >= 11 is 0. The van der Waals surface area contributed by atoms with Crippen LogP contribution in [0.2, 0.25) is 0 Å². The Balaban J connectivity index is 2.83. The summed E-state index contributed by atoms with van der Waals surface area (Å²) in [7, 11) is 4.19. The summed E-state index contributed by atoms with van der Waals surface area (Å²) in [4.78, 5) is 2.19. The normalized spacial score (nSPS) is 18.2. The van der Waals surface area contributed by atoms with Gasteiger partial charge in [0.05, 0.1) is 0 Å². The molecule has 0 unspecified atom stereocenters. The molecule has 0 aliphatic heterocycles. The first-order valence-electron chi connectivity index (χ1n) is 4.70. The molecule has 1 rings (SSSR count). The van der Waals surface area contributed by atoms with Crippen LogP contribution in [0.5, 0.6) is 0 Å². The van der Waals surface area contributed by atoms with E-state index in [1.807, 2.05) is 0 Å². The Labute approximate surface area is 81.4 Å². The molecule has 0 atom stereocenters. The molecule has 0 saturated heterocycles. The molecule has 0 saturated carbocycles. The van der Waals surface area contributed by atoms with E-state index in [0.29, 0.717) is 0 Å². The predicted molar refractivity (Wildman–Crippen MR) is 58.8 cm³/mol. The van der Waals surface area contributed by atoms with Gasteiger partial charge in [0.15, 0.2) is 0 Å². The van der Waals surface area contributed by atoms with E-state index in [0.717, 1.165) is 13.0 Å². The van der Waals surface area contributed by atoms with E-state index in [1.54, 1.807) is 0 Å². The zero-order chi connectivity index (χ0) is 10.0. The number of nitrogens with zero attached hydrogens (tertiary/aromatic N) is 1. The number of rotatable bonds is 2. The van der Waals surface area contributed by atoms with Crippen LogP contribution in [0, 0.1) is 0 Å². The summed E-state index contributed by atoms with van der Waals surface area (Å²) in [6.45, 7) is 9.47. The van der Waals surface area contributed by atoms with Crippen LogP contribution < -0.4 is 0 Å². The van der Waals surface area contributed by atoms with Gasteiger partial charge in [-0.1, -0.05) is 23.8 Å². The van der Waals surface area contributed by atoms with E-state index >= 15 is 0 Å². The minimum Gasteiger partial charge on any atom is -0.305 e. The van der Waals surface area contributed by atoms with Crippen LogP contribution in [0.25, 0.3) is 0 Å². The minimum absolute atomic E-state index is 1.01. The maximum atomic E-state index is 4.09. The first-order chi connectivity index (χ1) is 6.00. The Morgan fingerprint density at radius 2 is 2.00 bits per heavy atom. The number of hydrogen-bond acceptors (Lipinski definition) is 1. The maximum absolute atomic E-state index is 4.09. The molecule has 0 bridgehead atoms. The monoisotopic (exact) mass is 177 g/mol. The molecule has 0 aromatic heterocycles. The van der Waals surface area contributed by atoms with Gasteiger partial charge in [-0.15, -0.1) is 0 Å². The molecular formula is C12H19N. The zero-order valence-corrected chi connectivity index (χ0v) is 9.15. The van der Waals surface area contributed by atoms with Gasteiger partial charge in [0.1, 0.15) is 0 Å². The highest BCUT2D eigenvalue weighted by atomic mass is 15.0. The van der Waals surface area contributed by atoms with Gasteiger partial charge >= 0.3 is 0 Å². The molecular weight excluding hydrogens is 158 g/mol. The van der Waals surface area contributed by atoms with Gasteiger partial charge in [-0.3, -0.25) is 0 Å². The summed E-state index contributed by atoms with van der Waals surface area (Å²) in [5, 5.41) is 0. The lowest BCUT2D eigenvalue weighted by atomic mass is 9.90. The van der Waals surface area contributed by atoms with Crippen molar-refractivity contribution in [3.8, 4) is 0 Å². The third-order valence-electron chi connectivity index (χ3n) is 2.34. The molecule has 1 nitrogen and oxygen atoms in total. The van der Waals surface area contributed by atoms with E-state index in [-0.39, 0.29) is 0 Å². The first kappa shape index (κ1) is 10.3. The quantitative estimate of drug-likeness (QED) is 0.627. The molecule has 13 heavy (non-hydrogen) atoms. The molecule has 0 aromatic rings. The summed E-state index contributed by atoms with van der Waals surface area (Å²) in [5.74, 6) is 0. The molecule has 0 aromatic carbocycles. The van der Waals surface area contributed by atoms with Crippen LogP contribution in [-0.2, 0) is 0 Å². The zero-order valence-electron chi connectivity index (χ0n) is 9.15. The van der Waals surface area contributed by atoms with Crippen molar-refractivity contribution < 1.29 is 0 Å². The first-order valence-corrected chi connectivity index (χ1v) is 4.70. The Bertz CT molecular complexity index is 279. The van der Waals surface area contributed by atoms with Crippen molar-refractivity contribution in [2.45, 2.75) is 20.3 Å². The summed E-state index contributed by atoms with van der Waals surface area (Å²) in [6, 6.07) is 0. The fourth-order valence-electron chi connectivity index (χ4n) is 1.79. The molecule has 0 fully saturated rings. The number of likely N-dealkylation sites (N-methyl/N-ethyl adjacent to an activating group) is 1. The predicted octanol–water partition coefficient (Wildman–Crippen LogP) is 2.77. The molecule has 0 spiro atoms. The van der Waals surface area contributed by atoms with Gasteiger partial charge in [-0.25, -0.2) is 0 Å². The molecule has 1 heteroatoms. The van der Waals surface area contributed by atoms with Gasteiger partial charge in [0, 0.05) is 6.54 Å². The van der Waals surface area contributed by atoms with Crippen molar-refractivity contribution in [2.75, 3.05) is 20.6 Å². The Morgan fingerprint density at radius 1 is 1.38 bits per heavy atom. The highest BCUT2D eigenvalue weighted by Crippen LogP contribution is 2.27. The molecule has 0 N–H and O–H groups in total. The van der Waals surface area contributed by atoms with E-state index in [2.05, 4.69) is 45.5 Å². The lowest BCUT2D eigenvalue weighted by molar-refractivity contribution is 0.445. The van der Waals surface area contributed by atoms with Crippen LogP contribution >= 0.6 is 0 Å². The fraction of sp³-hybridized carbons (Fsp3) is 0.500. The molecule has 1 aliphatic carbocycles. The maximum Gasteiger partial charge on any atom is 0.0232 e. The van der Waals surface area contributed by atoms with Gasteiger partial charge in [0.2, 0.25) is 0 Å². The second-order valence-corrected chi connectivity index (χ2v) is 4.19. The van der Waals surface area contributed by atoms with E-state index in [1.165, 1.54) is 22.3 Å². The summed E-state index contributed by atoms with van der Waals surface area (Å²) in [5.41, 5.74) is 5.49. The van der Waals surface area contributed by atoms with Gasteiger partial charge in [-0.05, 0) is 45.5 Å². The van der Waals surface area contributed by atoms with Gasteiger partial charge in [-0.2, -0.15) is 0 Å². The van der Waals surface area contributed by atoms with Crippen molar-refractivity contribution in [3.05, 3.63) is 34.9 Å². The van der Waals surface area contributed by atoms with Gasteiger partial charge in [0.25, 0.3) is 0 Å². The topological polar surface area (TPSA) is 3.24 Å². The van der Waals surface area contributed by atoms with E-state index in [9.17, 15) is 0 Å². The van der Waals surface area contributed by atoms with E-state index in [4.69, 9.17) is 0 Å². The third-order valence-corrected chi connectivity index (χ3v) is 2.34. The second-order valence-electron chi connectivity index (χ2n) is 4.19. The lowest BCUT2D eigenvalue weighted by Gasteiger charge is -2.21. The molecule has 1 aliphatic rings. The second kappa shape index (κ2) is 3.93. The van der Waals surface area contributed by atoms with Crippen LogP contribution in [0.15, 0.2) is 34.9 Å². The number of allylic oxidation sites excluding steroid dienone is 3. The summed E-state index contributed by atoms with van der Waals surface area (Å²) in [6.07, 6.45) is 3.31. The third kappa shape index (κ3) is 2.56. The average Bonchev–Trinajstić information content (AvgIpc) is 1.96. The molecule has 72 valence electrons. The van der Waals surface area contributed by atoms with Crippen molar-refractivity contribution in [1.82, 2.24) is 4.90 Å². The van der Waals surface area contributed by atoms with Crippen LogP contribution in [0.4, 0.5) is 0 Å². The van der Waals surface area contributed by atoms with Crippen molar-refractivity contribution in [2.24, 2.45) is 0 Å². The van der Waals surface area contributed by atoms with Crippen LogP contribution in [0.1, 0.15) is 20.3 Å². The van der Waals surface area contributed by atoms with Crippen LogP contribution in [-0.4, -0.2) is 25.5 Å². The SMILES string of the molecule is C=C1C=C(C)CC(C)=C1CN(C)C. The van der Waals surface area contributed by atoms with Gasteiger partial charge < -0.3 is 4.90 Å². The number of hydrogen-bond donors (Lipinski definition) is 0. The fourth-order valence-corrected chi connectivity index (χ4v) is 1.79. The Hall–Kier alpha value is -0.820. The van der Waals surface area contributed by atoms with Crippen molar-refractivity contribution in [3.63, 3.8) is 0 Å². The molecule has 0 radical (unpaired) electrons. The highest BCUT2D eigenvalue weighted by Gasteiger charge is 2.12. The average molecular weight is 177 g/mol. The minimum atomic E-state index is 1.01. The molecule has 0 amide bonds. The van der Waals surface area contributed by atoms with Crippen molar-refractivity contribution >= 4 is 0 Å². The Kier molecular flexibility index (Phi) is 3.10. The standard InChI is InChI=1S/C12H19N/c1-9-6-10(2)12(8-13(4)5)11(3)7-9/h6H,2,7-8H2,1,3-5H3. The smallest absolute Gasteiger partial charge is 0.0232 e. The largest absolute Gasteiger partial charge is 0.305 e. The highest BCUT2D eigenvalue weighted by molar-refractivity contribution is 5.47. The summed E-state index contributed by atoms with van der Waals surface area (Å²) < 4.78 is 0. The Morgan fingerprint density at radius 3 is 2.46 bits per heavy atom. The lowest BCUT2D eigenvalue weighted by Crippen LogP contribution is -2.18. The van der Waals surface area contributed by atoms with E-state index < -0.39 is 0 Å².